The fourth-order valence-corrected chi connectivity index (χ4v) is 4.01. The van der Waals surface area contributed by atoms with E-state index in [0.29, 0.717) is 35.9 Å². The van der Waals surface area contributed by atoms with Crippen molar-refractivity contribution in [3.05, 3.63) is 42.6 Å². The zero-order valence-electron chi connectivity index (χ0n) is 17.4. The summed E-state index contributed by atoms with van der Waals surface area (Å²) in [5.74, 6) is -0.308. The molecule has 10 heteroatoms. The Bertz CT molecular complexity index is 1170. The third-order valence-corrected chi connectivity index (χ3v) is 5.69. The first-order valence-corrected chi connectivity index (χ1v) is 10.7. The Morgan fingerprint density at radius 1 is 1.09 bits per heavy atom. The molecule has 9 nitrogen and oxygen atoms in total. The highest BCUT2D eigenvalue weighted by molar-refractivity contribution is 5.94. The van der Waals surface area contributed by atoms with Gasteiger partial charge in [0.05, 0.1) is 17.6 Å². The molecule has 32 heavy (non-hydrogen) atoms. The van der Waals surface area contributed by atoms with E-state index in [1.165, 1.54) is 18.3 Å². The Hall–Kier alpha value is -3.53. The van der Waals surface area contributed by atoms with Crippen molar-refractivity contribution >= 4 is 29.1 Å². The third-order valence-electron chi connectivity index (χ3n) is 5.69. The van der Waals surface area contributed by atoms with Crippen molar-refractivity contribution in [2.24, 2.45) is 0 Å². The summed E-state index contributed by atoms with van der Waals surface area (Å²) in [7, 11) is 0. The lowest BCUT2D eigenvalue weighted by Crippen LogP contribution is -2.32. The number of urea groups is 1. The highest BCUT2D eigenvalue weighted by Crippen LogP contribution is 2.26. The Labute approximate surface area is 183 Å². The van der Waals surface area contributed by atoms with E-state index in [9.17, 15) is 14.0 Å². The number of hydrogen-bond donors (Lipinski definition) is 2. The second-order valence-corrected chi connectivity index (χ2v) is 7.99. The quantitative estimate of drug-likeness (QED) is 0.651. The topological polar surface area (TPSA) is 101 Å². The molecular weight excluding hydrogens is 415 g/mol. The molecule has 0 aliphatic carbocycles. The number of anilines is 2. The molecule has 2 fully saturated rings. The molecule has 0 bridgehead atoms. The molecule has 1 atom stereocenters. The number of carbonyl (C=O) groups is 2. The zero-order valence-corrected chi connectivity index (χ0v) is 17.4. The molecular formula is C22H23FN6O3. The number of rotatable bonds is 4. The van der Waals surface area contributed by atoms with Gasteiger partial charge in [-0.3, -0.25) is 9.20 Å². The minimum atomic E-state index is -0.459. The van der Waals surface area contributed by atoms with Gasteiger partial charge in [-0.25, -0.2) is 19.2 Å². The fourth-order valence-electron chi connectivity index (χ4n) is 4.01. The molecule has 2 aliphatic rings. The summed E-state index contributed by atoms with van der Waals surface area (Å²) in [5.41, 5.74) is 1.61. The van der Waals surface area contributed by atoms with Crippen molar-refractivity contribution in [1.82, 2.24) is 19.3 Å². The second-order valence-electron chi connectivity index (χ2n) is 7.99. The molecule has 2 N–H and O–H groups in total. The van der Waals surface area contributed by atoms with Crippen molar-refractivity contribution in [3.8, 4) is 11.3 Å². The Morgan fingerprint density at radius 3 is 2.72 bits per heavy atom. The first kappa shape index (κ1) is 20.4. The van der Waals surface area contributed by atoms with Crippen molar-refractivity contribution in [2.45, 2.75) is 31.8 Å². The van der Waals surface area contributed by atoms with E-state index in [4.69, 9.17) is 4.74 Å². The third kappa shape index (κ3) is 4.13. The Morgan fingerprint density at radius 2 is 1.94 bits per heavy atom. The molecule has 2 aliphatic heterocycles. The van der Waals surface area contributed by atoms with Crippen molar-refractivity contribution < 1.29 is 18.7 Å². The van der Waals surface area contributed by atoms with Crippen LogP contribution in [-0.2, 0) is 9.53 Å². The van der Waals surface area contributed by atoms with Crippen LogP contribution in [0.25, 0.3) is 17.0 Å². The van der Waals surface area contributed by atoms with Gasteiger partial charge in [-0.2, -0.15) is 0 Å². The van der Waals surface area contributed by atoms with E-state index in [0.717, 1.165) is 32.4 Å². The average molecular weight is 438 g/mol. The summed E-state index contributed by atoms with van der Waals surface area (Å²) in [6, 6.07) is 4.20. The lowest BCUT2D eigenvalue weighted by atomic mass is 10.1. The summed E-state index contributed by atoms with van der Waals surface area (Å²) in [6.45, 7) is 2.04. The number of benzene rings is 1. The van der Waals surface area contributed by atoms with Crippen molar-refractivity contribution in [3.63, 3.8) is 0 Å². The molecule has 3 amide bonds. The molecule has 4 heterocycles. The summed E-state index contributed by atoms with van der Waals surface area (Å²) in [6.07, 6.45) is 7.90. The van der Waals surface area contributed by atoms with Crippen LogP contribution in [0, 0.1) is 5.82 Å². The minimum absolute atomic E-state index is 0.191. The fraction of sp³-hybridized carbons (Fsp3) is 0.364. The van der Waals surface area contributed by atoms with Crippen LogP contribution >= 0.6 is 0 Å². The van der Waals surface area contributed by atoms with Crippen molar-refractivity contribution in [2.75, 3.05) is 30.3 Å². The van der Waals surface area contributed by atoms with Gasteiger partial charge in [0.25, 0.3) is 5.91 Å². The van der Waals surface area contributed by atoms with E-state index in [1.54, 1.807) is 27.8 Å². The molecule has 2 saturated heterocycles. The SMILES string of the molecule is O=C(Nc1cnc2nc(-c3cc(NC(=O)N4CCCC4)ccc3F)cn2c1)C1CCCO1. The molecule has 166 valence electrons. The highest BCUT2D eigenvalue weighted by Gasteiger charge is 2.24. The first-order valence-electron chi connectivity index (χ1n) is 10.7. The van der Waals surface area contributed by atoms with Crippen LogP contribution in [0.1, 0.15) is 25.7 Å². The zero-order chi connectivity index (χ0) is 22.1. The Balaban J connectivity index is 1.36. The maximum absolute atomic E-state index is 14.6. The van der Waals surface area contributed by atoms with Crippen LogP contribution < -0.4 is 10.6 Å². The molecule has 0 spiro atoms. The van der Waals surface area contributed by atoms with E-state index < -0.39 is 11.9 Å². The van der Waals surface area contributed by atoms with Crippen LogP contribution in [-0.4, -0.2) is 57.0 Å². The standard InChI is InChI=1S/C22H23FN6O3/c23-17-6-5-14(26-22(31)28-7-1-2-8-28)10-16(17)18-13-29-12-15(11-24-21(29)27-18)25-20(30)19-4-3-9-32-19/h5-6,10-13,19H,1-4,7-9H2,(H,25,30)(H,26,31). The number of fused-ring (bicyclic) bond motifs is 1. The number of imidazole rings is 1. The molecule has 1 aromatic carbocycles. The second kappa shape index (κ2) is 8.54. The number of aromatic nitrogens is 3. The van der Waals surface area contributed by atoms with Crippen LogP contribution in [0.3, 0.4) is 0 Å². The summed E-state index contributed by atoms with van der Waals surface area (Å²) < 4.78 is 21.6. The van der Waals surface area contributed by atoms with Gasteiger partial charge in [0.2, 0.25) is 5.78 Å². The van der Waals surface area contributed by atoms with Gasteiger partial charge in [0.1, 0.15) is 11.9 Å². The number of nitrogens with one attached hydrogen (secondary N) is 2. The van der Waals surface area contributed by atoms with Gasteiger partial charge in [0, 0.05) is 43.3 Å². The van der Waals surface area contributed by atoms with Crippen LogP contribution in [0.2, 0.25) is 0 Å². The van der Waals surface area contributed by atoms with Gasteiger partial charge in [0.15, 0.2) is 0 Å². The van der Waals surface area contributed by atoms with Gasteiger partial charge in [-0.15, -0.1) is 0 Å². The smallest absolute Gasteiger partial charge is 0.321 e. The molecule has 0 radical (unpaired) electrons. The minimum Gasteiger partial charge on any atom is -0.368 e. The number of ether oxygens (including phenoxy) is 1. The number of likely N-dealkylation sites (tertiary alicyclic amines) is 1. The number of halogens is 1. The van der Waals surface area contributed by atoms with Crippen molar-refractivity contribution in [1.29, 1.82) is 0 Å². The van der Waals surface area contributed by atoms with Gasteiger partial charge in [-0.1, -0.05) is 0 Å². The normalized spacial score (nSPS) is 18.3. The van der Waals surface area contributed by atoms with E-state index in [-0.39, 0.29) is 17.5 Å². The van der Waals surface area contributed by atoms with Crippen LogP contribution in [0.15, 0.2) is 36.8 Å². The first-order chi connectivity index (χ1) is 15.6. The number of hydrogen-bond acceptors (Lipinski definition) is 5. The molecule has 2 aromatic heterocycles. The summed E-state index contributed by atoms with van der Waals surface area (Å²) >= 11 is 0. The Kier molecular flexibility index (Phi) is 5.44. The number of nitrogens with zero attached hydrogens (tertiary/aromatic N) is 4. The lowest BCUT2D eigenvalue weighted by molar-refractivity contribution is -0.124. The summed E-state index contributed by atoms with van der Waals surface area (Å²) in [4.78, 5) is 35.0. The largest absolute Gasteiger partial charge is 0.368 e. The van der Waals surface area contributed by atoms with Gasteiger partial charge in [-0.05, 0) is 43.9 Å². The van der Waals surface area contributed by atoms with E-state index in [1.807, 2.05) is 0 Å². The van der Waals surface area contributed by atoms with Crippen LogP contribution in [0.4, 0.5) is 20.6 Å². The maximum Gasteiger partial charge on any atom is 0.321 e. The monoisotopic (exact) mass is 438 g/mol. The predicted molar refractivity (Wildman–Crippen MR) is 116 cm³/mol. The predicted octanol–water partition coefficient (Wildman–Crippen LogP) is 3.28. The van der Waals surface area contributed by atoms with Crippen LogP contribution in [0.5, 0.6) is 0 Å². The molecule has 3 aromatic rings. The number of carbonyl (C=O) groups excluding carboxylic acids is 2. The molecule has 1 unspecified atom stereocenters. The van der Waals surface area contributed by atoms with Gasteiger partial charge >= 0.3 is 6.03 Å². The number of amides is 3. The van der Waals surface area contributed by atoms with Gasteiger partial charge < -0.3 is 20.3 Å². The van der Waals surface area contributed by atoms with E-state index in [2.05, 4.69) is 20.6 Å². The molecule has 0 saturated carbocycles. The molecule has 5 rings (SSSR count). The lowest BCUT2D eigenvalue weighted by Gasteiger charge is -2.16. The average Bonchev–Trinajstić information content (AvgIpc) is 3.55. The van der Waals surface area contributed by atoms with E-state index >= 15 is 0 Å². The highest BCUT2D eigenvalue weighted by atomic mass is 19.1. The summed E-state index contributed by atoms with van der Waals surface area (Å²) in [5, 5.41) is 5.62. The maximum atomic E-state index is 14.6.